The second-order valence-corrected chi connectivity index (χ2v) is 6.61. The minimum absolute atomic E-state index is 0.0184. The minimum atomic E-state index is 0.0184. The molecule has 1 aromatic rings. The third-order valence-electron chi connectivity index (χ3n) is 1.89. The summed E-state index contributed by atoms with van der Waals surface area (Å²) in [6.07, 6.45) is 2.08. The van der Waals surface area contributed by atoms with Crippen LogP contribution >= 0.6 is 39.0 Å². The first-order valence-electron chi connectivity index (χ1n) is 4.64. The average Bonchev–Trinajstić information content (AvgIpc) is 2.62. The van der Waals surface area contributed by atoms with Crippen molar-refractivity contribution >= 4 is 44.9 Å². The minimum Gasteiger partial charge on any atom is -0.352 e. The van der Waals surface area contributed by atoms with Crippen molar-refractivity contribution in [3.63, 3.8) is 0 Å². The van der Waals surface area contributed by atoms with E-state index in [2.05, 4.69) is 34.4 Å². The molecule has 5 heteroatoms. The first kappa shape index (κ1) is 13.1. The van der Waals surface area contributed by atoms with Gasteiger partial charge in [0.2, 0.25) is 0 Å². The molecule has 0 fully saturated rings. The molecule has 1 N–H and O–H groups in total. The Kier molecular flexibility index (Phi) is 5.71. The molecule has 0 bridgehead atoms. The Labute approximate surface area is 107 Å². The highest BCUT2D eigenvalue weighted by atomic mass is 79.9. The van der Waals surface area contributed by atoms with Gasteiger partial charge in [0, 0.05) is 11.9 Å². The molecule has 15 heavy (non-hydrogen) atoms. The van der Waals surface area contributed by atoms with Crippen LogP contribution in [-0.2, 0) is 0 Å². The Morgan fingerprint density at radius 3 is 3.00 bits per heavy atom. The number of thioether (sulfide) groups is 1. The Balaban J connectivity index is 2.36. The molecule has 0 saturated heterocycles. The van der Waals surface area contributed by atoms with Crippen molar-refractivity contribution in [2.24, 2.45) is 5.92 Å². The molecule has 1 aromatic heterocycles. The monoisotopic (exact) mass is 307 g/mol. The lowest BCUT2D eigenvalue weighted by molar-refractivity contribution is 0.0949. The summed E-state index contributed by atoms with van der Waals surface area (Å²) < 4.78 is 0.991. The highest BCUT2D eigenvalue weighted by Crippen LogP contribution is 2.20. The van der Waals surface area contributed by atoms with Gasteiger partial charge in [-0.15, -0.1) is 11.3 Å². The summed E-state index contributed by atoms with van der Waals surface area (Å²) in [7, 11) is 0. The summed E-state index contributed by atoms with van der Waals surface area (Å²) in [5.74, 6) is 1.61. The van der Waals surface area contributed by atoms with Crippen LogP contribution in [0.25, 0.3) is 0 Å². The molecule has 0 aliphatic carbocycles. The highest BCUT2D eigenvalue weighted by Gasteiger charge is 2.08. The van der Waals surface area contributed by atoms with Gasteiger partial charge < -0.3 is 5.32 Å². The topological polar surface area (TPSA) is 29.1 Å². The number of thiophene rings is 1. The summed E-state index contributed by atoms with van der Waals surface area (Å²) in [6, 6.07) is 1.85. The van der Waals surface area contributed by atoms with Crippen molar-refractivity contribution < 1.29 is 4.79 Å². The van der Waals surface area contributed by atoms with E-state index in [1.54, 1.807) is 11.8 Å². The maximum Gasteiger partial charge on any atom is 0.252 e. The maximum atomic E-state index is 11.6. The number of carbonyl (C=O) groups excluding carboxylic acids is 1. The average molecular weight is 308 g/mol. The third-order valence-corrected chi connectivity index (χ3v) is 4.30. The SMILES string of the molecule is CSCC(C)CNC(=O)c1csc(Br)c1. The number of hydrogen-bond acceptors (Lipinski definition) is 3. The highest BCUT2D eigenvalue weighted by molar-refractivity contribution is 9.11. The fourth-order valence-electron chi connectivity index (χ4n) is 1.14. The van der Waals surface area contributed by atoms with Crippen LogP contribution in [0.5, 0.6) is 0 Å². The van der Waals surface area contributed by atoms with E-state index in [9.17, 15) is 4.79 Å². The van der Waals surface area contributed by atoms with Gasteiger partial charge in [0.25, 0.3) is 5.91 Å². The fraction of sp³-hybridized carbons (Fsp3) is 0.500. The molecule has 1 heterocycles. The normalized spacial score (nSPS) is 12.5. The molecule has 1 unspecified atom stereocenters. The Hall–Kier alpha value is -0.000000000000000111. The van der Waals surface area contributed by atoms with Crippen molar-refractivity contribution in [1.82, 2.24) is 5.32 Å². The smallest absolute Gasteiger partial charge is 0.252 e. The fourth-order valence-corrected chi connectivity index (χ4v) is 2.97. The molecular weight excluding hydrogens is 294 g/mol. The van der Waals surface area contributed by atoms with E-state index >= 15 is 0 Å². The zero-order valence-corrected chi connectivity index (χ0v) is 12.0. The predicted molar refractivity (Wildman–Crippen MR) is 71.9 cm³/mol. The van der Waals surface area contributed by atoms with Crippen LogP contribution < -0.4 is 5.32 Å². The summed E-state index contributed by atoms with van der Waals surface area (Å²) in [4.78, 5) is 11.6. The second-order valence-electron chi connectivity index (χ2n) is 3.41. The van der Waals surface area contributed by atoms with Gasteiger partial charge in [-0.25, -0.2) is 0 Å². The van der Waals surface area contributed by atoms with Gasteiger partial charge in [-0.2, -0.15) is 11.8 Å². The molecule has 0 saturated carbocycles. The van der Waals surface area contributed by atoms with Crippen molar-refractivity contribution in [2.75, 3.05) is 18.6 Å². The van der Waals surface area contributed by atoms with Crippen molar-refractivity contribution in [3.8, 4) is 0 Å². The van der Waals surface area contributed by atoms with Gasteiger partial charge in [-0.1, -0.05) is 6.92 Å². The maximum absolute atomic E-state index is 11.6. The van der Waals surface area contributed by atoms with E-state index < -0.39 is 0 Å². The number of halogens is 1. The van der Waals surface area contributed by atoms with Gasteiger partial charge in [0.15, 0.2) is 0 Å². The van der Waals surface area contributed by atoms with Crippen molar-refractivity contribution in [2.45, 2.75) is 6.92 Å². The van der Waals surface area contributed by atoms with E-state index in [0.717, 1.165) is 21.6 Å². The number of nitrogens with one attached hydrogen (secondary N) is 1. The van der Waals surface area contributed by atoms with E-state index in [1.807, 2.05) is 11.4 Å². The van der Waals surface area contributed by atoms with Crippen LogP contribution in [-0.4, -0.2) is 24.5 Å². The van der Waals surface area contributed by atoms with Gasteiger partial charge in [-0.05, 0) is 39.9 Å². The first-order chi connectivity index (χ1) is 7.13. The Morgan fingerprint density at radius 1 is 1.73 bits per heavy atom. The molecular formula is C10H14BrNOS2. The molecule has 2 nitrogen and oxygen atoms in total. The molecule has 0 aromatic carbocycles. The van der Waals surface area contributed by atoms with E-state index in [4.69, 9.17) is 0 Å². The predicted octanol–water partition coefficient (Wildman–Crippen LogP) is 3.24. The molecule has 0 radical (unpaired) electrons. The lowest BCUT2D eigenvalue weighted by Gasteiger charge is -2.10. The van der Waals surface area contributed by atoms with Gasteiger partial charge in [-0.3, -0.25) is 4.79 Å². The van der Waals surface area contributed by atoms with Gasteiger partial charge >= 0.3 is 0 Å². The van der Waals surface area contributed by atoms with Crippen LogP contribution in [0.15, 0.2) is 15.2 Å². The second kappa shape index (κ2) is 6.55. The van der Waals surface area contributed by atoms with Crippen molar-refractivity contribution in [3.05, 3.63) is 20.8 Å². The molecule has 0 aliphatic rings. The number of hydrogen-bond donors (Lipinski definition) is 1. The van der Waals surface area contributed by atoms with E-state index in [-0.39, 0.29) is 5.91 Å². The zero-order chi connectivity index (χ0) is 11.3. The Bertz CT molecular complexity index is 327. The van der Waals surface area contributed by atoms with Crippen LogP contribution in [0.4, 0.5) is 0 Å². The van der Waals surface area contributed by atoms with E-state index in [0.29, 0.717) is 5.92 Å². The zero-order valence-electron chi connectivity index (χ0n) is 8.75. The van der Waals surface area contributed by atoms with Crippen LogP contribution in [0.3, 0.4) is 0 Å². The molecule has 84 valence electrons. The lowest BCUT2D eigenvalue weighted by atomic mass is 10.2. The molecule has 0 spiro atoms. The molecule has 1 rings (SSSR count). The van der Waals surface area contributed by atoms with Crippen LogP contribution in [0, 0.1) is 5.92 Å². The number of carbonyl (C=O) groups is 1. The van der Waals surface area contributed by atoms with Crippen LogP contribution in [0.1, 0.15) is 17.3 Å². The summed E-state index contributed by atoms with van der Waals surface area (Å²) in [6.45, 7) is 2.88. The van der Waals surface area contributed by atoms with Gasteiger partial charge in [0.1, 0.15) is 0 Å². The quantitative estimate of drug-likeness (QED) is 0.905. The largest absolute Gasteiger partial charge is 0.352 e. The number of amides is 1. The molecule has 1 amide bonds. The third kappa shape index (κ3) is 4.57. The number of rotatable bonds is 5. The summed E-state index contributed by atoms with van der Waals surface area (Å²) >= 11 is 6.67. The van der Waals surface area contributed by atoms with Crippen molar-refractivity contribution in [1.29, 1.82) is 0 Å². The summed E-state index contributed by atoms with van der Waals surface area (Å²) in [5.41, 5.74) is 0.739. The van der Waals surface area contributed by atoms with E-state index in [1.165, 1.54) is 11.3 Å². The standard InChI is InChI=1S/C10H14BrNOS2/c1-7(5-14-2)4-12-10(13)8-3-9(11)15-6-8/h3,6-7H,4-5H2,1-2H3,(H,12,13). The molecule has 1 atom stereocenters. The lowest BCUT2D eigenvalue weighted by Crippen LogP contribution is -2.28. The van der Waals surface area contributed by atoms with Gasteiger partial charge in [0.05, 0.1) is 9.35 Å². The van der Waals surface area contributed by atoms with Crippen LogP contribution in [0.2, 0.25) is 0 Å². The summed E-state index contributed by atoms with van der Waals surface area (Å²) in [5, 5.41) is 4.79. The Morgan fingerprint density at radius 2 is 2.47 bits per heavy atom. The molecule has 0 aliphatic heterocycles. The first-order valence-corrected chi connectivity index (χ1v) is 7.71.